The van der Waals surface area contributed by atoms with Gasteiger partial charge < -0.3 is 19.8 Å². The molecule has 1 aromatic heterocycles. The molecular formula is C11H18N2O3. The molecule has 5 nitrogen and oxygen atoms in total. The van der Waals surface area contributed by atoms with Crippen LogP contribution in [0.2, 0.25) is 0 Å². The number of likely N-dealkylation sites (N-methyl/N-ethyl adjacent to an activating group) is 1. The fourth-order valence-corrected chi connectivity index (χ4v) is 1.27. The van der Waals surface area contributed by atoms with Gasteiger partial charge in [-0.2, -0.15) is 0 Å². The van der Waals surface area contributed by atoms with Gasteiger partial charge in [-0.1, -0.05) is 0 Å². The number of rotatable bonds is 6. The fraction of sp³-hybridized carbons (Fsp3) is 0.545. The number of aryl methyl sites for hydroxylation is 1. The predicted molar refractivity (Wildman–Crippen MR) is 59.8 cm³/mol. The lowest BCUT2D eigenvalue weighted by Gasteiger charge is -2.16. The molecule has 0 aliphatic rings. The topological polar surface area (TPSA) is 68.7 Å². The van der Waals surface area contributed by atoms with E-state index >= 15 is 0 Å². The average molecular weight is 226 g/mol. The Bertz CT molecular complexity index is 336. The molecule has 16 heavy (non-hydrogen) atoms. The van der Waals surface area contributed by atoms with Crippen LogP contribution in [0.15, 0.2) is 16.7 Å². The van der Waals surface area contributed by atoms with Gasteiger partial charge in [-0.05, 0) is 13.0 Å². The van der Waals surface area contributed by atoms with E-state index in [1.165, 1.54) is 0 Å². The van der Waals surface area contributed by atoms with Crippen molar-refractivity contribution in [2.45, 2.75) is 13.5 Å². The largest absolute Gasteiger partial charge is 0.469 e. The van der Waals surface area contributed by atoms with Gasteiger partial charge in [0.05, 0.1) is 12.9 Å². The lowest BCUT2D eigenvalue weighted by Crippen LogP contribution is -2.30. The molecule has 90 valence electrons. The van der Waals surface area contributed by atoms with Gasteiger partial charge in [-0.25, -0.2) is 0 Å². The Kier molecular flexibility index (Phi) is 5.01. The quantitative estimate of drug-likeness (QED) is 0.718. The molecule has 5 heteroatoms. The van der Waals surface area contributed by atoms with E-state index in [1.54, 1.807) is 18.2 Å². The van der Waals surface area contributed by atoms with Gasteiger partial charge in [-0.15, -0.1) is 0 Å². The van der Waals surface area contributed by atoms with Crippen LogP contribution in [0.5, 0.6) is 0 Å². The normalized spacial score (nSPS) is 10.4. The minimum atomic E-state index is -0.0611. The van der Waals surface area contributed by atoms with Gasteiger partial charge in [-0.3, -0.25) is 4.79 Å². The minimum absolute atomic E-state index is 0.0611. The highest BCUT2D eigenvalue weighted by atomic mass is 16.5. The van der Waals surface area contributed by atoms with Crippen LogP contribution in [0.3, 0.4) is 0 Å². The molecule has 0 radical (unpaired) electrons. The standard InChI is InChI=1S/C11H18N2O3/c1-9-10(3-5-16-9)7-13(2)11(14)8-15-6-4-12/h3,5H,4,6-8,12H2,1-2H3. The Morgan fingerprint density at radius 2 is 2.38 bits per heavy atom. The van der Waals surface area contributed by atoms with E-state index in [0.29, 0.717) is 19.7 Å². The molecule has 1 amide bonds. The van der Waals surface area contributed by atoms with Gasteiger partial charge in [0.2, 0.25) is 5.91 Å². The zero-order valence-electron chi connectivity index (χ0n) is 9.73. The first kappa shape index (κ1) is 12.7. The van der Waals surface area contributed by atoms with Crippen LogP contribution in [0.25, 0.3) is 0 Å². The van der Waals surface area contributed by atoms with Crippen molar-refractivity contribution in [3.05, 3.63) is 23.7 Å². The molecular weight excluding hydrogens is 208 g/mol. The van der Waals surface area contributed by atoms with E-state index in [-0.39, 0.29) is 12.5 Å². The molecule has 0 spiro atoms. The number of nitrogens with zero attached hydrogens (tertiary/aromatic N) is 1. The summed E-state index contributed by atoms with van der Waals surface area (Å²) in [6.45, 7) is 3.32. The summed E-state index contributed by atoms with van der Waals surface area (Å²) in [4.78, 5) is 13.2. The number of carbonyl (C=O) groups excluding carboxylic acids is 1. The highest BCUT2D eigenvalue weighted by Crippen LogP contribution is 2.10. The number of hydrogen-bond donors (Lipinski definition) is 1. The highest BCUT2D eigenvalue weighted by Gasteiger charge is 2.11. The van der Waals surface area contributed by atoms with E-state index in [2.05, 4.69) is 0 Å². The molecule has 1 aromatic rings. The molecule has 2 N–H and O–H groups in total. The predicted octanol–water partition coefficient (Wildman–Crippen LogP) is 0.522. The van der Waals surface area contributed by atoms with Crippen molar-refractivity contribution in [3.8, 4) is 0 Å². The van der Waals surface area contributed by atoms with Crippen molar-refractivity contribution in [3.63, 3.8) is 0 Å². The Balaban J connectivity index is 2.37. The molecule has 0 fully saturated rings. The van der Waals surface area contributed by atoms with E-state index in [1.807, 2.05) is 13.0 Å². The summed E-state index contributed by atoms with van der Waals surface area (Å²) in [6, 6.07) is 1.86. The van der Waals surface area contributed by atoms with Crippen LogP contribution in [-0.2, 0) is 16.1 Å². The van der Waals surface area contributed by atoms with Crippen LogP contribution < -0.4 is 5.73 Å². The van der Waals surface area contributed by atoms with Gasteiger partial charge in [0.15, 0.2) is 0 Å². The number of carbonyl (C=O) groups is 1. The van der Waals surface area contributed by atoms with E-state index in [9.17, 15) is 4.79 Å². The van der Waals surface area contributed by atoms with Crippen molar-refractivity contribution >= 4 is 5.91 Å². The third-order valence-electron chi connectivity index (χ3n) is 2.29. The van der Waals surface area contributed by atoms with Gasteiger partial charge >= 0.3 is 0 Å². The lowest BCUT2D eigenvalue weighted by atomic mass is 10.2. The molecule has 0 unspecified atom stereocenters. The van der Waals surface area contributed by atoms with Crippen LogP contribution in [0.4, 0.5) is 0 Å². The summed E-state index contributed by atoms with van der Waals surface area (Å²) in [7, 11) is 1.74. The molecule has 0 saturated heterocycles. The molecule has 0 aliphatic heterocycles. The van der Waals surface area contributed by atoms with E-state index in [4.69, 9.17) is 14.9 Å². The lowest BCUT2D eigenvalue weighted by molar-refractivity contribution is -0.135. The second-order valence-electron chi connectivity index (χ2n) is 3.59. The van der Waals surface area contributed by atoms with Crippen molar-refractivity contribution < 1.29 is 13.9 Å². The number of hydrogen-bond acceptors (Lipinski definition) is 4. The summed E-state index contributed by atoms with van der Waals surface area (Å²) >= 11 is 0. The SMILES string of the molecule is Cc1occc1CN(C)C(=O)COCCN. The fourth-order valence-electron chi connectivity index (χ4n) is 1.27. The molecule has 0 bridgehead atoms. The molecule has 0 saturated carbocycles. The first-order chi connectivity index (χ1) is 7.65. The summed E-state index contributed by atoms with van der Waals surface area (Å²) in [6.07, 6.45) is 1.62. The Hall–Kier alpha value is -1.33. The maximum Gasteiger partial charge on any atom is 0.248 e. The minimum Gasteiger partial charge on any atom is -0.469 e. The molecule has 1 heterocycles. The maximum absolute atomic E-state index is 11.6. The molecule has 0 aromatic carbocycles. The Labute approximate surface area is 95.2 Å². The monoisotopic (exact) mass is 226 g/mol. The average Bonchev–Trinajstić information content (AvgIpc) is 2.64. The van der Waals surface area contributed by atoms with Crippen molar-refractivity contribution in [2.75, 3.05) is 26.8 Å². The van der Waals surface area contributed by atoms with Crippen LogP contribution in [0, 0.1) is 6.92 Å². The summed E-state index contributed by atoms with van der Waals surface area (Å²) < 4.78 is 10.2. The summed E-state index contributed by atoms with van der Waals surface area (Å²) in [5.41, 5.74) is 6.27. The first-order valence-electron chi connectivity index (χ1n) is 5.20. The van der Waals surface area contributed by atoms with E-state index in [0.717, 1.165) is 11.3 Å². The van der Waals surface area contributed by atoms with Gasteiger partial charge in [0.1, 0.15) is 12.4 Å². The zero-order chi connectivity index (χ0) is 12.0. The Morgan fingerprint density at radius 3 is 2.94 bits per heavy atom. The maximum atomic E-state index is 11.6. The van der Waals surface area contributed by atoms with Crippen molar-refractivity contribution in [2.24, 2.45) is 5.73 Å². The third kappa shape index (κ3) is 3.67. The van der Waals surface area contributed by atoms with Crippen molar-refractivity contribution in [1.82, 2.24) is 4.90 Å². The highest BCUT2D eigenvalue weighted by molar-refractivity contribution is 5.77. The molecule has 0 aliphatic carbocycles. The number of nitrogens with two attached hydrogens (primary N) is 1. The van der Waals surface area contributed by atoms with Crippen LogP contribution in [0.1, 0.15) is 11.3 Å². The second-order valence-corrected chi connectivity index (χ2v) is 3.59. The second kappa shape index (κ2) is 6.30. The summed E-state index contributed by atoms with van der Waals surface area (Å²) in [5, 5.41) is 0. The summed E-state index contributed by atoms with van der Waals surface area (Å²) in [5.74, 6) is 0.775. The van der Waals surface area contributed by atoms with Crippen LogP contribution in [-0.4, -0.2) is 37.6 Å². The number of amides is 1. The van der Waals surface area contributed by atoms with Crippen LogP contribution >= 0.6 is 0 Å². The number of furan rings is 1. The number of ether oxygens (including phenoxy) is 1. The molecule has 1 rings (SSSR count). The van der Waals surface area contributed by atoms with Gasteiger partial charge in [0, 0.05) is 25.7 Å². The van der Waals surface area contributed by atoms with Gasteiger partial charge in [0.25, 0.3) is 0 Å². The third-order valence-corrected chi connectivity index (χ3v) is 2.29. The smallest absolute Gasteiger partial charge is 0.248 e. The van der Waals surface area contributed by atoms with Crippen molar-refractivity contribution in [1.29, 1.82) is 0 Å². The first-order valence-corrected chi connectivity index (χ1v) is 5.20. The van der Waals surface area contributed by atoms with E-state index < -0.39 is 0 Å². The zero-order valence-corrected chi connectivity index (χ0v) is 9.73. The Morgan fingerprint density at radius 1 is 1.62 bits per heavy atom. The molecule has 0 atom stereocenters.